The standard InChI is InChI=1S/C27H26F3NO5/c1-26(2,3)15-31-21-12-11-17(36-27(28,29)30)13-20(21)24(35-22(25(31)34)14-23(32)33)19-10-6-8-16-7-4-5-9-18(16)19/h4-13,22,24H,14-15H2,1-3H3,(H,32,33). The zero-order chi connectivity index (χ0) is 26.3. The summed E-state index contributed by atoms with van der Waals surface area (Å²) in [5, 5.41) is 11.1. The third kappa shape index (κ3) is 5.62. The third-order valence-electron chi connectivity index (χ3n) is 5.75. The van der Waals surface area contributed by atoms with Gasteiger partial charge in [0.25, 0.3) is 5.91 Å². The highest BCUT2D eigenvalue weighted by molar-refractivity contribution is 6.00. The maximum atomic E-state index is 13.6. The normalized spacial score (nSPS) is 18.6. The Bertz CT molecular complexity index is 1290. The van der Waals surface area contributed by atoms with Gasteiger partial charge in [-0.2, -0.15) is 0 Å². The number of carboxylic acids is 1. The SMILES string of the molecule is CC(C)(C)CN1C(=O)C(CC(=O)O)OC(c2cccc3ccccc23)c2cc(OC(F)(F)F)ccc21. The lowest BCUT2D eigenvalue weighted by atomic mass is 9.92. The summed E-state index contributed by atoms with van der Waals surface area (Å²) >= 11 is 0. The fraction of sp³-hybridized carbons (Fsp3) is 0.333. The Morgan fingerprint density at radius 3 is 2.39 bits per heavy atom. The lowest BCUT2D eigenvalue weighted by molar-refractivity contribution is -0.274. The molecule has 9 heteroatoms. The Morgan fingerprint density at radius 1 is 1.03 bits per heavy atom. The Morgan fingerprint density at radius 2 is 1.72 bits per heavy atom. The lowest BCUT2D eigenvalue weighted by Gasteiger charge is -2.31. The molecule has 36 heavy (non-hydrogen) atoms. The number of fused-ring (bicyclic) bond motifs is 2. The topological polar surface area (TPSA) is 76.1 Å². The molecule has 190 valence electrons. The van der Waals surface area contributed by atoms with Gasteiger partial charge in [-0.1, -0.05) is 63.2 Å². The predicted molar refractivity (Wildman–Crippen MR) is 128 cm³/mol. The van der Waals surface area contributed by atoms with Crippen molar-refractivity contribution in [1.29, 1.82) is 0 Å². The molecule has 3 aromatic rings. The first-order chi connectivity index (χ1) is 16.8. The molecule has 1 N–H and O–H groups in total. The molecule has 6 nitrogen and oxygen atoms in total. The number of hydrogen-bond acceptors (Lipinski definition) is 4. The maximum Gasteiger partial charge on any atom is 0.573 e. The molecule has 0 bridgehead atoms. The van der Waals surface area contributed by atoms with Gasteiger partial charge in [0, 0.05) is 12.1 Å². The minimum absolute atomic E-state index is 0.194. The van der Waals surface area contributed by atoms with E-state index in [2.05, 4.69) is 4.74 Å². The molecular formula is C27H26F3NO5. The van der Waals surface area contributed by atoms with E-state index in [-0.39, 0.29) is 12.1 Å². The minimum Gasteiger partial charge on any atom is -0.481 e. The van der Waals surface area contributed by atoms with Gasteiger partial charge in [-0.15, -0.1) is 13.2 Å². The number of carboxylic acid groups (broad SMARTS) is 1. The van der Waals surface area contributed by atoms with Crippen molar-refractivity contribution in [3.8, 4) is 5.75 Å². The molecule has 0 saturated heterocycles. The number of alkyl halides is 3. The second-order valence-corrected chi connectivity index (χ2v) is 9.92. The summed E-state index contributed by atoms with van der Waals surface area (Å²) in [5.74, 6) is -2.26. The van der Waals surface area contributed by atoms with Crippen molar-refractivity contribution in [2.24, 2.45) is 5.41 Å². The summed E-state index contributed by atoms with van der Waals surface area (Å²) in [6, 6.07) is 16.6. The van der Waals surface area contributed by atoms with Crippen LogP contribution in [-0.2, 0) is 14.3 Å². The number of halogens is 3. The Hall–Kier alpha value is -3.59. The predicted octanol–water partition coefficient (Wildman–Crippen LogP) is 6.08. The fourth-order valence-electron chi connectivity index (χ4n) is 4.43. The summed E-state index contributed by atoms with van der Waals surface area (Å²) in [7, 11) is 0. The van der Waals surface area contributed by atoms with Crippen molar-refractivity contribution in [1.82, 2.24) is 0 Å². The Kier molecular flexibility index (Phi) is 6.70. The van der Waals surface area contributed by atoms with Gasteiger partial charge < -0.3 is 19.5 Å². The number of amides is 1. The van der Waals surface area contributed by atoms with Crippen molar-refractivity contribution in [2.75, 3.05) is 11.4 Å². The monoisotopic (exact) mass is 501 g/mol. The van der Waals surface area contributed by atoms with Crippen LogP contribution >= 0.6 is 0 Å². The molecule has 1 aliphatic rings. The van der Waals surface area contributed by atoms with Gasteiger partial charge >= 0.3 is 12.3 Å². The Labute approximate surface area is 206 Å². The summed E-state index contributed by atoms with van der Waals surface area (Å²) in [6.45, 7) is 5.91. The molecule has 0 aromatic heterocycles. The van der Waals surface area contributed by atoms with Crippen molar-refractivity contribution in [3.05, 3.63) is 71.8 Å². The first-order valence-electron chi connectivity index (χ1n) is 11.4. The molecule has 3 aromatic carbocycles. The van der Waals surface area contributed by atoms with Crippen LogP contribution in [0.5, 0.6) is 5.75 Å². The van der Waals surface area contributed by atoms with E-state index < -0.39 is 48.0 Å². The van der Waals surface area contributed by atoms with Crippen LogP contribution in [0, 0.1) is 5.41 Å². The number of anilines is 1. The van der Waals surface area contributed by atoms with Crippen LogP contribution in [0.2, 0.25) is 0 Å². The number of carbonyl (C=O) groups is 2. The van der Waals surface area contributed by atoms with E-state index in [4.69, 9.17) is 4.74 Å². The number of benzene rings is 3. The van der Waals surface area contributed by atoms with Crippen molar-refractivity contribution < 1.29 is 37.3 Å². The van der Waals surface area contributed by atoms with Gasteiger partial charge in [0.15, 0.2) is 0 Å². The number of carbonyl (C=O) groups excluding carboxylic acids is 1. The first-order valence-corrected chi connectivity index (χ1v) is 11.4. The summed E-state index contributed by atoms with van der Waals surface area (Å²) in [6.07, 6.45) is -7.89. The molecule has 0 radical (unpaired) electrons. The van der Waals surface area contributed by atoms with Gasteiger partial charge in [-0.25, -0.2) is 0 Å². The molecule has 1 aliphatic heterocycles. The van der Waals surface area contributed by atoms with Gasteiger partial charge in [0.1, 0.15) is 18.0 Å². The van der Waals surface area contributed by atoms with Gasteiger partial charge in [0.05, 0.1) is 12.1 Å². The number of rotatable bonds is 5. The average molecular weight is 502 g/mol. The number of hydrogen-bond donors (Lipinski definition) is 1. The molecule has 0 fully saturated rings. The van der Waals surface area contributed by atoms with Crippen LogP contribution in [0.4, 0.5) is 18.9 Å². The highest BCUT2D eigenvalue weighted by Crippen LogP contribution is 2.43. The van der Waals surface area contributed by atoms with Gasteiger partial charge in [-0.05, 0) is 39.9 Å². The number of nitrogens with zero attached hydrogens (tertiary/aromatic N) is 1. The van der Waals surface area contributed by atoms with E-state index in [9.17, 15) is 27.9 Å². The molecule has 2 unspecified atom stereocenters. The van der Waals surface area contributed by atoms with Crippen LogP contribution in [0.1, 0.15) is 44.4 Å². The second-order valence-electron chi connectivity index (χ2n) is 9.92. The molecule has 1 heterocycles. The minimum atomic E-state index is -4.92. The summed E-state index contributed by atoms with van der Waals surface area (Å²) in [5.41, 5.74) is 0.814. The second kappa shape index (κ2) is 9.46. The average Bonchev–Trinajstić information content (AvgIpc) is 2.87. The zero-order valence-electron chi connectivity index (χ0n) is 20.0. The van der Waals surface area contributed by atoms with Crippen molar-refractivity contribution in [2.45, 2.75) is 45.8 Å². The molecule has 0 spiro atoms. The molecule has 0 aliphatic carbocycles. The van der Waals surface area contributed by atoms with E-state index in [0.717, 1.165) is 16.8 Å². The summed E-state index contributed by atoms with van der Waals surface area (Å²) < 4.78 is 49.6. The van der Waals surface area contributed by atoms with Gasteiger partial charge in [-0.3, -0.25) is 9.59 Å². The zero-order valence-corrected chi connectivity index (χ0v) is 20.0. The fourth-order valence-corrected chi connectivity index (χ4v) is 4.43. The van der Waals surface area contributed by atoms with Crippen LogP contribution < -0.4 is 9.64 Å². The lowest BCUT2D eigenvalue weighted by Crippen LogP contribution is -2.44. The highest BCUT2D eigenvalue weighted by atomic mass is 19.4. The van der Waals surface area contributed by atoms with Crippen molar-refractivity contribution in [3.63, 3.8) is 0 Å². The van der Waals surface area contributed by atoms with Crippen LogP contribution in [0.25, 0.3) is 10.8 Å². The smallest absolute Gasteiger partial charge is 0.481 e. The van der Waals surface area contributed by atoms with E-state index in [1.54, 1.807) is 12.1 Å². The van der Waals surface area contributed by atoms with Crippen molar-refractivity contribution >= 4 is 28.3 Å². The first kappa shape index (κ1) is 25.5. The quantitative estimate of drug-likeness (QED) is 0.459. The molecule has 2 atom stereocenters. The third-order valence-corrected chi connectivity index (χ3v) is 5.75. The molecular weight excluding hydrogens is 475 g/mol. The van der Waals surface area contributed by atoms with Crippen LogP contribution in [-0.4, -0.2) is 36.0 Å². The Balaban J connectivity index is 1.97. The van der Waals surface area contributed by atoms with E-state index >= 15 is 0 Å². The van der Waals surface area contributed by atoms with E-state index in [1.165, 1.54) is 17.0 Å². The van der Waals surface area contributed by atoms with Gasteiger partial charge in [0.2, 0.25) is 0 Å². The summed E-state index contributed by atoms with van der Waals surface area (Å²) in [4.78, 5) is 26.7. The largest absolute Gasteiger partial charge is 0.573 e. The van der Waals surface area contributed by atoms with Crippen LogP contribution in [0.3, 0.4) is 0 Å². The highest BCUT2D eigenvalue weighted by Gasteiger charge is 2.40. The number of aliphatic carboxylic acids is 1. The van der Waals surface area contributed by atoms with E-state index in [1.807, 2.05) is 51.1 Å². The molecule has 4 rings (SSSR count). The number of ether oxygens (including phenoxy) is 2. The van der Waals surface area contributed by atoms with E-state index in [0.29, 0.717) is 11.3 Å². The molecule has 1 amide bonds. The van der Waals surface area contributed by atoms with Crippen LogP contribution in [0.15, 0.2) is 60.7 Å². The molecule has 0 saturated carbocycles. The maximum absolute atomic E-state index is 13.6.